The van der Waals surface area contributed by atoms with Gasteiger partial charge in [0.15, 0.2) is 0 Å². The highest BCUT2D eigenvalue weighted by Crippen LogP contribution is 2.02. The minimum Gasteiger partial charge on any atom is -0.374 e. The lowest BCUT2D eigenvalue weighted by molar-refractivity contribution is 0.00749. The van der Waals surface area contributed by atoms with E-state index in [1.807, 2.05) is 0 Å². The molecule has 1 atom stereocenters. The highest BCUT2D eigenvalue weighted by molar-refractivity contribution is 4.76. The fraction of sp³-hybridized carbons (Fsp3) is 1.00. The molecule has 1 rings (SSSR count). The van der Waals surface area contributed by atoms with Gasteiger partial charge >= 0.3 is 0 Å². The number of piperazine rings is 1. The van der Waals surface area contributed by atoms with Gasteiger partial charge in [-0.15, -0.1) is 0 Å². The number of nitrogens with zero attached hydrogens (tertiary/aromatic N) is 1. The van der Waals surface area contributed by atoms with E-state index in [0.717, 1.165) is 32.6 Å². The van der Waals surface area contributed by atoms with Gasteiger partial charge in [-0.25, -0.2) is 8.78 Å². The monoisotopic (exact) mass is 222 g/mol. The maximum atomic E-state index is 11.8. The lowest BCUT2D eigenvalue weighted by Gasteiger charge is -2.33. The van der Waals surface area contributed by atoms with Crippen LogP contribution in [0.25, 0.3) is 0 Å². The first-order valence-corrected chi connectivity index (χ1v) is 5.54. The molecule has 1 fully saturated rings. The molecule has 0 saturated carbocycles. The van der Waals surface area contributed by atoms with Crippen LogP contribution in [0.5, 0.6) is 0 Å². The number of ether oxygens (including phenoxy) is 1. The minimum atomic E-state index is -2.35. The third-order valence-corrected chi connectivity index (χ3v) is 2.63. The van der Waals surface area contributed by atoms with E-state index in [2.05, 4.69) is 17.1 Å². The Hall–Kier alpha value is -0.260. The van der Waals surface area contributed by atoms with E-state index in [0.29, 0.717) is 12.6 Å². The summed E-state index contributed by atoms with van der Waals surface area (Å²) in [7, 11) is 0. The molecule has 1 N–H and O–H groups in total. The first kappa shape index (κ1) is 12.8. The quantitative estimate of drug-likeness (QED) is 0.677. The molecule has 0 amide bonds. The molecule has 5 heteroatoms. The highest BCUT2D eigenvalue weighted by atomic mass is 19.3. The Bertz CT molecular complexity index is 170. The zero-order valence-corrected chi connectivity index (χ0v) is 9.22. The second-order valence-electron chi connectivity index (χ2n) is 3.83. The third kappa shape index (κ3) is 5.39. The molecular formula is C10H20F2N2O. The van der Waals surface area contributed by atoms with E-state index in [9.17, 15) is 8.78 Å². The van der Waals surface area contributed by atoms with Gasteiger partial charge in [0.05, 0.1) is 6.61 Å². The second-order valence-corrected chi connectivity index (χ2v) is 3.83. The Labute approximate surface area is 89.8 Å². The summed E-state index contributed by atoms with van der Waals surface area (Å²) in [6.07, 6.45) is -1.24. The fourth-order valence-electron chi connectivity index (χ4n) is 1.74. The van der Waals surface area contributed by atoms with E-state index in [1.165, 1.54) is 0 Å². The Morgan fingerprint density at radius 2 is 2.33 bits per heavy atom. The second kappa shape index (κ2) is 7.09. The Balaban J connectivity index is 2.05. The normalized spacial score (nSPS) is 23.6. The van der Waals surface area contributed by atoms with Crippen molar-refractivity contribution in [2.45, 2.75) is 25.8 Å². The van der Waals surface area contributed by atoms with Crippen LogP contribution in [0.4, 0.5) is 8.78 Å². The summed E-state index contributed by atoms with van der Waals surface area (Å²) in [5, 5.41) is 3.40. The number of halogens is 2. The summed E-state index contributed by atoms with van der Waals surface area (Å²) in [6, 6.07) is 0.536. The van der Waals surface area contributed by atoms with Gasteiger partial charge in [-0.1, -0.05) is 6.92 Å². The van der Waals surface area contributed by atoms with Gasteiger partial charge in [-0.05, 0) is 6.42 Å². The van der Waals surface area contributed by atoms with E-state index in [4.69, 9.17) is 4.74 Å². The van der Waals surface area contributed by atoms with E-state index in [-0.39, 0.29) is 0 Å². The molecular weight excluding hydrogens is 202 g/mol. The maximum absolute atomic E-state index is 11.8. The van der Waals surface area contributed by atoms with Crippen molar-refractivity contribution in [3.05, 3.63) is 0 Å². The Morgan fingerprint density at radius 1 is 1.53 bits per heavy atom. The summed E-state index contributed by atoms with van der Waals surface area (Å²) in [4.78, 5) is 2.26. The van der Waals surface area contributed by atoms with Crippen molar-refractivity contribution in [1.82, 2.24) is 10.2 Å². The minimum absolute atomic E-state index is 0.404. The van der Waals surface area contributed by atoms with Crippen molar-refractivity contribution in [3.63, 3.8) is 0 Å². The topological polar surface area (TPSA) is 24.5 Å². The van der Waals surface area contributed by atoms with Crippen LogP contribution in [0, 0.1) is 0 Å². The van der Waals surface area contributed by atoms with Crippen molar-refractivity contribution in [2.24, 2.45) is 0 Å². The molecule has 3 nitrogen and oxygen atoms in total. The van der Waals surface area contributed by atoms with Crippen molar-refractivity contribution < 1.29 is 13.5 Å². The summed E-state index contributed by atoms with van der Waals surface area (Å²) in [6.45, 7) is 5.82. The summed E-state index contributed by atoms with van der Waals surface area (Å²) in [5.41, 5.74) is 0. The summed E-state index contributed by atoms with van der Waals surface area (Å²) >= 11 is 0. The third-order valence-electron chi connectivity index (χ3n) is 2.63. The van der Waals surface area contributed by atoms with Crippen LogP contribution in [0.15, 0.2) is 0 Å². The first-order chi connectivity index (χ1) is 7.22. The molecule has 0 spiro atoms. The molecule has 0 radical (unpaired) electrons. The van der Waals surface area contributed by atoms with Crippen molar-refractivity contribution >= 4 is 0 Å². The van der Waals surface area contributed by atoms with Crippen LogP contribution in [0.1, 0.15) is 13.3 Å². The zero-order valence-electron chi connectivity index (χ0n) is 9.22. The average Bonchev–Trinajstić information content (AvgIpc) is 2.24. The van der Waals surface area contributed by atoms with Gasteiger partial charge in [0.1, 0.15) is 6.61 Å². The Morgan fingerprint density at radius 3 is 3.00 bits per heavy atom. The number of rotatable bonds is 6. The number of hydrogen-bond donors (Lipinski definition) is 1. The van der Waals surface area contributed by atoms with E-state index in [1.54, 1.807) is 0 Å². The molecule has 1 aliphatic heterocycles. The van der Waals surface area contributed by atoms with Gasteiger partial charge in [0.2, 0.25) is 0 Å². The molecule has 1 aliphatic rings. The number of hydrogen-bond acceptors (Lipinski definition) is 3. The SMILES string of the molecule is CCC1CN(CCOCC(F)F)CCN1. The van der Waals surface area contributed by atoms with Crippen LogP contribution in [-0.4, -0.2) is 56.8 Å². The van der Waals surface area contributed by atoms with Gasteiger partial charge < -0.3 is 10.1 Å². The molecule has 15 heavy (non-hydrogen) atoms. The van der Waals surface area contributed by atoms with Crippen molar-refractivity contribution in [2.75, 3.05) is 39.4 Å². The summed E-state index contributed by atoms with van der Waals surface area (Å²) < 4.78 is 28.4. The molecule has 0 aromatic rings. The van der Waals surface area contributed by atoms with E-state index < -0.39 is 13.0 Å². The Kier molecular flexibility index (Phi) is 6.05. The molecule has 90 valence electrons. The molecule has 1 heterocycles. The lowest BCUT2D eigenvalue weighted by atomic mass is 10.1. The predicted molar refractivity (Wildman–Crippen MR) is 55.3 cm³/mol. The molecule has 0 bridgehead atoms. The largest absolute Gasteiger partial charge is 0.374 e. The molecule has 0 aromatic carbocycles. The number of alkyl halides is 2. The van der Waals surface area contributed by atoms with Crippen LogP contribution < -0.4 is 5.32 Å². The van der Waals surface area contributed by atoms with Crippen molar-refractivity contribution in [3.8, 4) is 0 Å². The van der Waals surface area contributed by atoms with Crippen LogP contribution in [-0.2, 0) is 4.74 Å². The molecule has 1 unspecified atom stereocenters. The number of nitrogens with one attached hydrogen (secondary N) is 1. The molecule has 1 saturated heterocycles. The fourth-order valence-corrected chi connectivity index (χ4v) is 1.74. The zero-order chi connectivity index (χ0) is 11.1. The van der Waals surface area contributed by atoms with Crippen LogP contribution in [0.3, 0.4) is 0 Å². The van der Waals surface area contributed by atoms with Gasteiger partial charge in [-0.2, -0.15) is 0 Å². The summed E-state index contributed by atoms with van der Waals surface area (Å²) in [5.74, 6) is 0. The molecule has 0 aliphatic carbocycles. The van der Waals surface area contributed by atoms with Crippen LogP contribution >= 0.6 is 0 Å². The van der Waals surface area contributed by atoms with Gasteiger partial charge in [0, 0.05) is 32.2 Å². The molecule has 0 aromatic heterocycles. The maximum Gasteiger partial charge on any atom is 0.261 e. The smallest absolute Gasteiger partial charge is 0.261 e. The predicted octanol–water partition coefficient (Wildman–Crippen LogP) is 0.952. The van der Waals surface area contributed by atoms with Crippen molar-refractivity contribution in [1.29, 1.82) is 0 Å². The van der Waals surface area contributed by atoms with Crippen LogP contribution in [0.2, 0.25) is 0 Å². The standard InChI is InChI=1S/C10H20F2N2O/c1-2-9-7-14(4-3-13-9)5-6-15-8-10(11)12/h9-10,13H,2-8H2,1H3. The first-order valence-electron chi connectivity index (χ1n) is 5.54. The van der Waals surface area contributed by atoms with E-state index >= 15 is 0 Å². The average molecular weight is 222 g/mol. The van der Waals surface area contributed by atoms with Gasteiger partial charge in [0.25, 0.3) is 6.43 Å². The van der Waals surface area contributed by atoms with Gasteiger partial charge in [-0.3, -0.25) is 4.90 Å². The lowest BCUT2D eigenvalue weighted by Crippen LogP contribution is -2.51. The highest BCUT2D eigenvalue weighted by Gasteiger charge is 2.17.